The van der Waals surface area contributed by atoms with Gasteiger partial charge >= 0.3 is 5.97 Å². The van der Waals surface area contributed by atoms with Crippen molar-refractivity contribution in [1.29, 1.82) is 0 Å². The monoisotopic (exact) mass is 374 g/mol. The number of hydrogen-bond donors (Lipinski definition) is 0. The first-order chi connectivity index (χ1) is 13.6. The van der Waals surface area contributed by atoms with E-state index in [0.717, 1.165) is 11.1 Å². The van der Waals surface area contributed by atoms with Gasteiger partial charge in [-0.1, -0.05) is 60.7 Å². The second-order valence-corrected chi connectivity index (χ2v) is 6.43. The summed E-state index contributed by atoms with van der Waals surface area (Å²) in [6.45, 7) is 1.59. The number of carbonyl (C=O) groups is 2. The predicted octanol–water partition coefficient (Wildman–Crippen LogP) is 4.64. The van der Waals surface area contributed by atoms with Crippen LogP contribution in [0.1, 0.15) is 34.3 Å². The van der Waals surface area contributed by atoms with Gasteiger partial charge in [0, 0.05) is 5.56 Å². The van der Waals surface area contributed by atoms with E-state index in [9.17, 15) is 9.59 Å². The first-order valence-corrected chi connectivity index (χ1v) is 9.09. The third kappa shape index (κ3) is 4.46. The van der Waals surface area contributed by atoms with Gasteiger partial charge < -0.3 is 9.47 Å². The Hall–Kier alpha value is -3.40. The maximum absolute atomic E-state index is 13.0. The molecule has 3 aromatic rings. The lowest BCUT2D eigenvalue weighted by Gasteiger charge is -2.20. The third-order valence-corrected chi connectivity index (χ3v) is 4.54. The molecule has 3 rings (SSSR count). The van der Waals surface area contributed by atoms with E-state index in [2.05, 4.69) is 0 Å². The van der Waals surface area contributed by atoms with Crippen molar-refractivity contribution in [3.05, 3.63) is 102 Å². The Bertz CT molecular complexity index is 878. The third-order valence-electron chi connectivity index (χ3n) is 4.54. The van der Waals surface area contributed by atoms with Gasteiger partial charge in [-0.3, -0.25) is 9.59 Å². The molecule has 0 amide bonds. The average molecular weight is 374 g/mol. The molecule has 0 saturated carbocycles. The van der Waals surface area contributed by atoms with Crippen LogP contribution < -0.4 is 4.74 Å². The topological polar surface area (TPSA) is 52.6 Å². The van der Waals surface area contributed by atoms with E-state index in [1.165, 1.54) is 0 Å². The second-order valence-electron chi connectivity index (χ2n) is 6.43. The lowest BCUT2D eigenvalue weighted by molar-refractivity contribution is -0.147. The molecule has 0 fully saturated rings. The van der Waals surface area contributed by atoms with Crippen LogP contribution in [0, 0.1) is 0 Å². The van der Waals surface area contributed by atoms with Crippen LogP contribution >= 0.6 is 0 Å². The first-order valence-electron chi connectivity index (χ1n) is 9.09. The molecule has 28 heavy (non-hydrogen) atoms. The van der Waals surface area contributed by atoms with Crippen molar-refractivity contribution in [2.24, 2.45) is 0 Å². The van der Waals surface area contributed by atoms with Crippen molar-refractivity contribution < 1.29 is 19.1 Å². The van der Waals surface area contributed by atoms with Crippen molar-refractivity contribution in [2.75, 3.05) is 7.11 Å². The number of ketones is 1. The Labute approximate surface area is 164 Å². The molecule has 0 aromatic heterocycles. The lowest BCUT2D eigenvalue weighted by Crippen LogP contribution is -2.28. The van der Waals surface area contributed by atoms with Crippen LogP contribution in [0.5, 0.6) is 5.75 Å². The van der Waals surface area contributed by atoms with Crippen LogP contribution in [-0.4, -0.2) is 25.0 Å². The minimum Gasteiger partial charge on any atom is -0.497 e. The molecule has 0 aliphatic rings. The Balaban J connectivity index is 1.80. The summed E-state index contributed by atoms with van der Waals surface area (Å²) < 4.78 is 10.7. The van der Waals surface area contributed by atoms with Crippen molar-refractivity contribution in [3.8, 4) is 5.75 Å². The summed E-state index contributed by atoms with van der Waals surface area (Å²) in [7, 11) is 1.56. The Morgan fingerprint density at radius 1 is 0.750 bits per heavy atom. The highest BCUT2D eigenvalue weighted by molar-refractivity contribution is 6.00. The summed E-state index contributed by atoms with van der Waals surface area (Å²) >= 11 is 0. The molecule has 1 atom stereocenters. The molecular formula is C24H22O4. The number of rotatable bonds is 7. The summed E-state index contributed by atoms with van der Waals surface area (Å²) in [5, 5.41) is 0. The number of hydrogen-bond acceptors (Lipinski definition) is 4. The van der Waals surface area contributed by atoms with Crippen molar-refractivity contribution in [2.45, 2.75) is 18.9 Å². The fourth-order valence-corrected chi connectivity index (χ4v) is 3.04. The molecule has 0 saturated heterocycles. The molecule has 0 bridgehead atoms. The number of benzene rings is 3. The molecule has 0 spiro atoms. The van der Waals surface area contributed by atoms with E-state index in [1.807, 2.05) is 60.7 Å². The van der Waals surface area contributed by atoms with Gasteiger partial charge in [0.05, 0.1) is 7.11 Å². The van der Waals surface area contributed by atoms with Crippen LogP contribution in [0.3, 0.4) is 0 Å². The minimum absolute atomic E-state index is 0.254. The van der Waals surface area contributed by atoms with E-state index < -0.39 is 18.0 Å². The number of esters is 1. The van der Waals surface area contributed by atoms with Gasteiger partial charge in [-0.15, -0.1) is 0 Å². The van der Waals surface area contributed by atoms with E-state index in [0.29, 0.717) is 11.3 Å². The minimum atomic E-state index is -0.893. The lowest BCUT2D eigenvalue weighted by atomic mass is 9.91. The van der Waals surface area contributed by atoms with Gasteiger partial charge in [-0.25, -0.2) is 0 Å². The molecule has 4 nitrogen and oxygen atoms in total. The highest BCUT2D eigenvalue weighted by Gasteiger charge is 2.28. The van der Waals surface area contributed by atoms with Gasteiger partial charge in [-0.2, -0.15) is 0 Å². The van der Waals surface area contributed by atoms with Crippen molar-refractivity contribution in [1.82, 2.24) is 0 Å². The van der Waals surface area contributed by atoms with Gasteiger partial charge in [0.1, 0.15) is 11.7 Å². The zero-order valence-electron chi connectivity index (χ0n) is 15.9. The number of carbonyl (C=O) groups excluding carboxylic acids is 2. The normalized spacial score (nSPS) is 11.7. The van der Waals surface area contributed by atoms with Crippen LogP contribution in [0.2, 0.25) is 0 Å². The highest BCUT2D eigenvalue weighted by atomic mass is 16.5. The maximum Gasteiger partial charge on any atom is 0.318 e. The summed E-state index contributed by atoms with van der Waals surface area (Å²) in [6.07, 6.45) is -0.893. The summed E-state index contributed by atoms with van der Waals surface area (Å²) in [5.74, 6) is -0.634. The van der Waals surface area contributed by atoms with E-state index in [-0.39, 0.29) is 5.78 Å². The van der Waals surface area contributed by atoms with Gasteiger partial charge in [0.25, 0.3) is 0 Å². The molecule has 3 aromatic carbocycles. The smallest absolute Gasteiger partial charge is 0.318 e. The molecule has 0 radical (unpaired) electrons. The number of methoxy groups -OCH3 is 1. The van der Waals surface area contributed by atoms with Crippen LogP contribution in [0.25, 0.3) is 0 Å². The molecule has 0 unspecified atom stereocenters. The van der Waals surface area contributed by atoms with Crippen molar-refractivity contribution >= 4 is 11.8 Å². The molecule has 0 aliphatic heterocycles. The fourth-order valence-electron chi connectivity index (χ4n) is 3.04. The Kier molecular flexibility index (Phi) is 6.22. The highest BCUT2D eigenvalue weighted by Crippen LogP contribution is 2.27. The SMILES string of the molecule is COc1ccc(C(=O)[C@@H](C)OC(=O)C(c2ccccc2)c2ccccc2)cc1. The first kappa shape index (κ1) is 19.4. The molecular weight excluding hydrogens is 352 g/mol. The number of ether oxygens (including phenoxy) is 2. The van der Waals surface area contributed by atoms with Crippen LogP contribution in [0.15, 0.2) is 84.9 Å². The molecule has 142 valence electrons. The zero-order chi connectivity index (χ0) is 19.9. The second kappa shape index (κ2) is 9.00. The molecule has 4 heteroatoms. The summed E-state index contributed by atoms with van der Waals surface area (Å²) in [5.41, 5.74) is 2.11. The van der Waals surface area contributed by atoms with Crippen LogP contribution in [-0.2, 0) is 9.53 Å². The Morgan fingerprint density at radius 3 is 1.71 bits per heavy atom. The molecule has 0 N–H and O–H groups in total. The maximum atomic E-state index is 13.0. The predicted molar refractivity (Wildman–Crippen MR) is 108 cm³/mol. The fraction of sp³-hybridized carbons (Fsp3) is 0.167. The van der Waals surface area contributed by atoms with Crippen molar-refractivity contribution in [3.63, 3.8) is 0 Å². The van der Waals surface area contributed by atoms with E-state index in [1.54, 1.807) is 38.3 Å². The van der Waals surface area contributed by atoms with E-state index in [4.69, 9.17) is 9.47 Å². The zero-order valence-corrected chi connectivity index (χ0v) is 15.9. The summed E-state index contributed by atoms with van der Waals surface area (Å²) in [6, 6.07) is 25.6. The van der Waals surface area contributed by atoms with Gasteiger partial charge in [0.15, 0.2) is 6.10 Å². The molecule has 0 heterocycles. The average Bonchev–Trinajstić information content (AvgIpc) is 2.75. The van der Waals surface area contributed by atoms with E-state index >= 15 is 0 Å². The number of Topliss-reactive ketones (excluding diaryl/α,β-unsaturated/α-hetero) is 1. The Morgan fingerprint density at radius 2 is 1.25 bits per heavy atom. The summed E-state index contributed by atoms with van der Waals surface area (Å²) in [4.78, 5) is 25.7. The van der Waals surface area contributed by atoms with Gasteiger partial charge in [0.2, 0.25) is 5.78 Å². The molecule has 0 aliphatic carbocycles. The van der Waals surface area contributed by atoms with Gasteiger partial charge in [-0.05, 0) is 42.3 Å². The quantitative estimate of drug-likeness (QED) is 0.446. The standard InChI is InChI=1S/C24H22O4/c1-17(23(25)20-13-15-21(27-2)16-14-20)28-24(26)22(18-9-5-3-6-10-18)19-11-7-4-8-12-19/h3-17,22H,1-2H3/t17-/m1/s1. The largest absolute Gasteiger partial charge is 0.497 e. The van der Waals surface area contributed by atoms with Crippen LogP contribution in [0.4, 0.5) is 0 Å².